The maximum Gasteiger partial charge on any atom is 0.0786 e. The van der Waals surface area contributed by atoms with E-state index in [1.807, 2.05) is 12.3 Å². The predicted molar refractivity (Wildman–Crippen MR) is 266 cm³/mol. The van der Waals surface area contributed by atoms with Crippen molar-refractivity contribution in [3.63, 3.8) is 0 Å². The van der Waals surface area contributed by atoms with Crippen LogP contribution in [0.25, 0.3) is 131 Å². The first-order chi connectivity index (χ1) is 30.8. The van der Waals surface area contributed by atoms with E-state index in [1.165, 1.54) is 120 Å². The molecule has 0 saturated carbocycles. The van der Waals surface area contributed by atoms with Crippen molar-refractivity contribution in [2.24, 2.45) is 0 Å². The summed E-state index contributed by atoms with van der Waals surface area (Å²) in [6.07, 6.45) is 1.90. The summed E-state index contributed by atoms with van der Waals surface area (Å²) in [4.78, 5) is 4.88. The molecule has 1 nitrogen and oxygen atoms in total. The number of hydrogen-bond acceptors (Lipinski definition) is 1. The lowest BCUT2D eigenvalue weighted by Crippen LogP contribution is -1.94. The van der Waals surface area contributed by atoms with E-state index in [-0.39, 0.29) is 0 Å². The van der Waals surface area contributed by atoms with Crippen LogP contribution in [0.2, 0.25) is 0 Å². The molecule has 0 aliphatic carbocycles. The molecule has 1 heterocycles. The van der Waals surface area contributed by atoms with Gasteiger partial charge in [0, 0.05) is 17.0 Å². The molecule has 0 radical (unpaired) electrons. The third-order valence-electron chi connectivity index (χ3n) is 13.2. The number of pyridine rings is 1. The van der Waals surface area contributed by atoms with Crippen LogP contribution < -0.4 is 0 Å². The predicted octanol–water partition coefficient (Wildman–Crippen LogP) is 17.0. The zero-order chi connectivity index (χ0) is 40.7. The minimum absolute atomic E-state index is 1.03. The fourth-order valence-electron chi connectivity index (χ4n) is 10.5. The Morgan fingerprint density at radius 1 is 0.226 bits per heavy atom. The van der Waals surface area contributed by atoms with Gasteiger partial charge in [-0.05, 0) is 151 Å². The normalized spacial score (nSPS) is 11.9. The van der Waals surface area contributed by atoms with E-state index < -0.39 is 0 Å². The lowest BCUT2D eigenvalue weighted by Gasteiger charge is -2.21. The van der Waals surface area contributed by atoms with Crippen LogP contribution in [0.4, 0.5) is 0 Å². The van der Waals surface area contributed by atoms with Crippen LogP contribution in [0.15, 0.2) is 225 Å². The molecule has 1 aromatic heterocycles. The van der Waals surface area contributed by atoms with Crippen molar-refractivity contribution in [3.05, 3.63) is 225 Å². The number of nitrogens with zero attached hydrogens (tertiary/aromatic N) is 1. The highest BCUT2D eigenvalue weighted by Crippen LogP contribution is 2.49. The molecule has 0 bridgehead atoms. The fraction of sp³-hybridized carbons (Fsp3) is 0. The molecule has 0 fully saturated rings. The van der Waals surface area contributed by atoms with Gasteiger partial charge in [-0.2, -0.15) is 0 Å². The van der Waals surface area contributed by atoms with Gasteiger partial charge in [0.25, 0.3) is 0 Å². The second-order valence-corrected chi connectivity index (χ2v) is 16.6. The topological polar surface area (TPSA) is 12.9 Å². The Morgan fingerprint density at radius 2 is 0.661 bits per heavy atom. The molecule has 1 heteroatoms. The van der Waals surface area contributed by atoms with E-state index in [4.69, 9.17) is 4.98 Å². The van der Waals surface area contributed by atoms with Gasteiger partial charge >= 0.3 is 0 Å². The lowest BCUT2D eigenvalue weighted by atomic mass is 9.81. The Kier molecular flexibility index (Phi) is 7.67. The van der Waals surface area contributed by atoms with E-state index in [0.29, 0.717) is 0 Å². The third kappa shape index (κ3) is 5.25. The minimum atomic E-state index is 1.03. The van der Waals surface area contributed by atoms with Crippen LogP contribution >= 0.6 is 0 Å². The fourth-order valence-corrected chi connectivity index (χ4v) is 10.5. The molecule has 12 aromatic carbocycles. The Bertz CT molecular complexity index is 3990. The zero-order valence-electron chi connectivity index (χ0n) is 33.8. The van der Waals surface area contributed by atoms with Crippen molar-refractivity contribution < 1.29 is 0 Å². The smallest absolute Gasteiger partial charge is 0.0786 e. The van der Waals surface area contributed by atoms with Crippen LogP contribution in [-0.4, -0.2) is 4.98 Å². The molecule has 62 heavy (non-hydrogen) atoms. The molecular formula is C61H37N. The summed E-state index contributed by atoms with van der Waals surface area (Å²) in [6.45, 7) is 0. The van der Waals surface area contributed by atoms with Crippen molar-refractivity contribution in [3.8, 4) is 44.5 Å². The van der Waals surface area contributed by atoms with Crippen LogP contribution in [-0.2, 0) is 0 Å². The monoisotopic (exact) mass is 783 g/mol. The number of benzene rings is 12. The first-order valence-corrected chi connectivity index (χ1v) is 21.4. The molecule has 0 spiro atoms. The van der Waals surface area contributed by atoms with Crippen LogP contribution in [0.5, 0.6) is 0 Å². The number of aromatic nitrogens is 1. The molecule has 0 amide bonds. The van der Waals surface area contributed by atoms with Gasteiger partial charge in [0.05, 0.1) is 5.52 Å². The lowest BCUT2D eigenvalue weighted by molar-refractivity contribution is 1.43. The molecule has 0 aliphatic rings. The average molecular weight is 784 g/mol. The van der Waals surface area contributed by atoms with Gasteiger partial charge < -0.3 is 0 Å². The van der Waals surface area contributed by atoms with Crippen molar-refractivity contribution in [1.29, 1.82) is 0 Å². The molecule has 0 atom stereocenters. The first kappa shape index (κ1) is 34.7. The number of rotatable bonds is 4. The van der Waals surface area contributed by atoms with E-state index in [9.17, 15) is 0 Å². The van der Waals surface area contributed by atoms with Gasteiger partial charge in [-0.25, -0.2) is 0 Å². The highest BCUT2D eigenvalue weighted by molar-refractivity contribution is 6.28. The minimum Gasteiger partial charge on any atom is -0.256 e. The summed E-state index contributed by atoms with van der Waals surface area (Å²) in [6, 6.07) is 80.9. The van der Waals surface area contributed by atoms with Crippen LogP contribution in [0.1, 0.15) is 0 Å². The molecule has 0 N–H and O–H groups in total. The van der Waals surface area contributed by atoms with Crippen LogP contribution in [0, 0.1) is 0 Å². The molecule has 286 valence electrons. The Hall–Kier alpha value is -8.13. The van der Waals surface area contributed by atoms with E-state index in [2.05, 4.69) is 212 Å². The second kappa shape index (κ2) is 13.7. The largest absolute Gasteiger partial charge is 0.256 e. The summed E-state index contributed by atoms with van der Waals surface area (Å²) >= 11 is 0. The zero-order valence-corrected chi connectivity index (χ0v) is 33.8. The second-order valence-electron chi connectivity index (χ2n) is 16.6. The molecule has 13 aromatic rings. The Morgan fingerprint density at radius 3 is 1.29 bits per heavy atom. The summed E-state index contributed by atoms with van der Waals surface area (Å²) in [5.74, 6) is 0. The standard InChI is InChI=1S/C61H37N/c1-4-20-44-41(15-1)36-56(49-25-9-7-23-47(44)49)59-51-27-11-12-28-52(51)60(57-37-42-16-2-5-21-45(42)48-24-8-10-26-50(48)57)58-34-39(30-31-53(58)59)38-18-13-19-40(33-38)55-35-43-17-3-6-22-46(43)61-54(55)29-14-32-62-61/h1-37H. The number of fused-ring (bicyclic) bond motifs is 11. The van der Waals surface area contributed by atoms with E-state index >= 15 is 0 Å². The van der Waals surface area contributed by atoms with E-state index in [0.717, 1.165) is 10.9 Å². The maximum atomic E-state index is 4.88. The summed E-state index contributed by atoms with van der Waals surface area (Å²) < 4.78 is 0. The van der Waals surface area contributed by atoms with E-state index in [1.54, 1.807) is 0 Å². The van der Waals surface area contributed by atoms with Gasteiger partial charge in [-0.3, -0.25) is 4.98 Å². The van der Waals surface area contributed by atoms with Gasteiger partial charge in [-0.1, -0.05) is 182 Å². The number of hydrogen-bond donors (Lipinski definition) is 0. The highest BCUT2D eigenvalue weighted by atomic mass is 14.6. The summed E-state index contributed by atoms with van der Waals surface area (Å²) in [5.41, 5.74) is 10.8. The maximum absolute atomic E-state index is 4.88. The van der Waals surface area contributed by atoms with Crippen molar-refractivity contribution in [2.45, 2.75) is 0 Å². The van der Waals surface area contributed by atoms with Crippen LogP contribution in [0.3, 0.4) is 0 Å². The van der Waals surface area contributed by atoms with Gasteiger partial charge in [0.2, 0.25) is 0 Å². The highest BCUT2D eigenvalue weighted by Gasteiger charge is 2.22. The molecule has 13 rings (SSSR count). The SMILES string of the molecule is c1cc(-c2ccc3c(-c4cc5ccccc5c5ccccc45)c4ccccc4c(-c4cc5ccccc5c5ccccc45)c3c2)cc(-c2cc3ccccc3c3ncccc23)c1. The summed E-state index contributed by atoms with van der Waals surface area (Å²) in [5, 5.41) is 18.6. The van der Waals surface area contributed by atoms with Crippen molar-refractivity contribution >= 4 is 86.3 Å². The first-order valence-electron chi connectivity index (χ1n) is 21.4. The van der Waals surface area contributed by atoms with Gasteiger partial charge in [0.1, 0.15) is 0 Å². The molecule has 0 unspecified atom stereocenters. The average Bonchev–Trinajstić information content (AvgIpc) is 3.35. The van der Waals surface area contributed by atoms with Crippen molar-refractivity contribution in [2.75, 3.05) is 0 Å². The Balaban J connectivity index is 1.14. The third-order valence-corrected chi connectivity index (χ3v) is 13.2. The summed E-state index contributed by atoms with van der Waals surface area (Å²) in [7, 11) is 0. The molecular weight excluding hydrogens is 747 g/mol. The van der Waals surface area contributed by atoms with Gasteiger partial charge in [-0.15, -0.1) is 0 Å². The quantitative estimate of drug-likeness (QED) is 0.128. The molecule has 0 saturated heterocycles. The molecule has 0 aliphatic heterocycles. The van der Waals surface area contributed by atoms with Gasteiger partial charge in [0.15, 0.2) is 0 Å². The van der Waals surface area contributed by atoms with Crippen molar-refractivity contribution in [1.82, 2.24) is 4.98 Å². The Labute approximate surface area is 358 Å².